The van der Waals surface area contributed by atoms with Crippen LogP contribution in [-0.4, -0.2) is 0 Å². The average molecular weight is 331 g/mol. The molecule has 0 amide bonds. The molecule has 0 aliphatic rings. The summed E-state index contributed by atoms with van der Waals surface area (Å²) in [6.45, 7) is 0.0492. The van der Waals surface area contributed by atoms with E-state index in [4.69, 9.17) is 22.1 Å². The van der Waals surface area contributed by atoms with Gasteiger partial charge in [-0.3, -0.25) is 0 Å². The van der Waals surface area contributed by atoms with Crippen LogP contribution >= 0.6 is 27.5 Å². The third kappa shape index (κ3) is 2.76. The molecule has 2 N–H and O–H groups in total. The zero-order chi connectivity index (χ0) is 13.1. The van der Waals surface area contributed by atoms with Gasteiger partial charge in [-0.05, 0) is 40.2 Å². The average Bonchev–Trinajstić information content (AvgIpc) is 2.33. The highest BCUT2D eigenvalue weighted by Gasteiger charge is 2.09. The van der Waals surface area contributed by atoms with Crippen molar-refractivity contribution in [3.05, 3.63) is 57.3 Å². The number of halogens is 3. The van der Waals surface area contributed by atoms with Gasteiger partial charge in [-0.2, -0.15) is 0 Å². The van der Waals surface area contributed by atoms with Crippen molar-refractivity contribution < 1.29 is 9.13 Å². The topological polar surface area (TPSA) is 35.2 Å². The van der Waals surface area contributed by atoms with E-state index in [1.54, 1.807) is 30.3 Å². The molecule has 0 saturated heterocycles. The Kier molecular flexibility index (Phi) is 4.09. The number of hydrogen-bond donors (Lipinski definition) is 1. The standard InChI is InChI=1S/C13H10BrClFNO/c14-13-11(17)5-2-6-12(13)18-7-8-9(15)3-1-4-10(8)16/h1-6H,7,17H2. The Hall–Kier alpha value is -1.26. The van der Waals surface area contributed by atoms with E-state index in [0.29, 0.717) is 26.5 Å². The van der Waals surface area contributed by atoms with E-state index in [-0.39, 0.29) is 12.4 Å². The molecule has 0 radical (unpaired) electrons. The summed E-state index contributed by atoms with van der Waals surface area (Å²) in [5.41, 5.74) is 6.61. The highest BCUT2D eigenvalue weighted by molar-refractivity contribution is 9.10. The molecule has 0 unspecified atom stereocenters. The maximum absolute atomic E-state index is 13.5. The summed E-state index contributed by atoms with van der Waals surface area (Å²) in [4.78, 5) is 0. The lowest BCUT2D eigenvalue weighted by molar-refractivity contribution is 0.298. The van der Waals surface area contributed by atoms with E-state index < -0.39 is 0 Å². The Bertz CT molecular complexity index is 557. The first-order valence-corrected chi connectivity index (χ1v) is 6.36. The van der Waals surface area contributed by atoms with Crippen molar-refractivity contribution in [2.75, 3.05) is 5.73 Å². The Morgan fingerprint density at radius 1 is 1.22 bits per heavy atom. The van der Waals surface area contributed by atoms with Gasteiger partial charge in [0.15, 0.2) is 0 Å². The Balaban J connectivity index is 2.19. The molecular formula is C13H10BrClFNO. The molecule has 2 rings (SSSR count). The maximum Gasteiger partial charge on any atom is 0.136 e. The van der Waals surface area contributed by atoms with Gasteiger partial charge >= 0.3 is 0 Å². The van der Waals surface area contributed by atoms with Crippen molar-refractivity contribution >= 4 is 33.2 Å². The number of benzene rings is 2. The van der Waals surface area contributed by atoms with E-state index in [1.165, 1.54) is 6.07 Å². The lowest BCUT2D eigenvalue weighted by atomic mass is 10.2. The molecule has 2 aromatic rings. The molecule has 0 heterocycles. The van der Waals surface area contributed by atoms with E-state index in [2.05, 4.69) is 15.9 Å². The van der Waals surface area contributed by atoms with Gasteiger partial charge in [0.1, 0.15) is 18.2 Å². The van der Waals surface area contributed by atoms with E-state index in [1.807, 2.05) is 0 Å². The summed E-state index contributed by atoms with van der Waals surface area (Å²) in [6.07, 6.45) is 0. The molecule has 0 aromatic heterocycles. The fourth-order valence-electron chi connectivity index (χ4n) is 1.46. The summed E-state index contributed by atoms with van der Waals surface area (Å²) < 4.78 is 19.7. The maximum atomic E-state index is 13.5. The van der Waals surface area contributed by atoms with Crippen LogP contribution in [0.15, 0.2) is 40.9 Å². The van der Waals surface area contributed by atoms with E-state index >= 15 is 0 Å². The second-order valence-electron chi connectivity index (χ2n) is 3.65. The molecule has 0 saturated carbocycles. The lowest BCUT2D eigenvalue weighted by Gasteiger charge is -2.11. The van der Waals surface area contributed by atoms with Crippen LogP contribution in [0.25, 0.3) is 0 Å². The molecule has 0 fully saturated rings. The van der Waals surface area contributed by atoms with Gasteiger partial charge in [0.25, 0.3) is 0 Å². The lowest BCUT2D eigenvalue weighted by Crippen LogP contribution is -2.00. The highest BCUT2D eigenvalue weighted by atomic mass is 79.9. The smallest absolute Gasteiger partial charge is 0.136 e. The van der Waals surface area contributed by atoms with Crippen molar-refractivity contribution in [3.63, 3.8) is 0 Å². The summed E-state index contributed by atoms with van der Waals surface area (Å²) >= 11 is 9.22. The molecule has 0 spiro atoms. The second kappa shape index (κ2) is 5.59. The summed E-state index contributed by atoms with van der Waals surface area (Å²) in [5, 5.41) is 0.343. The number of nitrogen functional groups attached to an aromatic ring is 1. The first-order chi connectivity index (χ1) is 8.59. The fraction of sp³-hybridized carbons (Fsp3) is 0.0769. The van der Waals surface area contributed by atoms with Crippen LogP contribution < -0.4 is 10.5 Å². The van der Waals surface area contributed by atoms with Crippen molar-refractivity contribution in [2.24, 2.45) is 0 Å². The highest BCUT2D eigenvalue weighted by Crippen LogP contribution is 2.31. The number of anilines is 1. The van der Waals surface area contributed by atoms with Gasteiger partial charge in [-0.25, -0.2) is 4.39 Å². The summed E-state index contributed by atoms with van der Waals surface area (Å²) in [6, 6.07) is 9.77. The zero-order valence-electron chi connectivity index (χ0n) is 9.29. The number of hydrogen-bond acceptors (Lipinski definition) is 2. The van der Waals surface area contributed by atoms with Crippen LogP contribution in [0.2, 0.25) is 5.02 Å². The third-order valence-corrected chi connectivity index (χ3v) is 3.63. The predicted octanol–water partition coefficient (Wildman–Crippen LogP) is 4.40. The van der Waals surface area contributed by atoms with Gasteiger partial charge in [0.05, 0.1) is 9.50 Å². The molecular weight excluding hydrogens is 321 g/mol. The van der Waals surface area contributed by atoms with Crippen molar-refractivity contribution in [1.29, 1.82) is 0 Å². The van der Waals surface area contributed by atoms with Crippen LogP contribution in [0.5, 0.6) is 5.75 Å². The van der Waals surface area contributed by atoms with Gasteiger partial charge < -0.3 is 10.5 Å². The van der Waals surface area contributed by atoms with Gasteiger partial charge in [-0.15, -0.1) is 0 Å². The van der Waals surface area contributed by atoms with Crippen LogP contribution in [0.4, 0.5) is 10.1 Å². The molecule has 2 aromatic carbocycles. The Morgan fingerprint density at radius 3 is 2.67 bits per heavy atom. The zero-order valence-corrected chi connectivity index (χ0v) is 11.6. The molecule has 5 heteroatoms. The number of nitrogens with two attached hydrogens (primary N) is 1. The van der Waals surface area contributed by atoms with Crippen LogP contribution in [0.1, 0.15) is 5.56 Å². The minimum atomic E-state index is -0.387. The number of ether oxygens (including phenoxy) is 1. The summed E-state index contributed by atoms with van der Waals surface area (Å²) in [7, 11) is 0. The second-order valence-corrected chi connectivity index (χ2v) is 4.85. The minimum absolute atomic E-state index is 0.0492. The number of rotatable bonds is 3. The van der Waals surface area contributed by atoms with Crippen molar-refractivity contribution in [2.45, 2.75) is 6.61 Å². The van der Waals surface area contributed by atoms with E-state index in [9.17, 15) is 4.39 Å². The van der Waals surface area contributed by atoms with Crippen LogP contribution in [-0.2, 0) is 6.61 Å². The Labute approximate surface area is 118 Å². The molecule has 2 nitrogen and oxygen atoms in total. The minimum Gasteiger partial charge on any atom is -0.487 e. The quantitative estimate of drug-likeness (QED) is 0.846. The third-order valence-electron chi connectivity index (χ3n) is 2.43. The summed E-state index contributed by atoms with van der Waals surface area (Å²) in [5.74, 6) is 0.164. The van der Waals surface area contributed by atoms with Crippen LogP contribution in [0, 0.1) is 5.82 Å². The van der Waals surface area contributed by atoms with Crippen LogP contribution in [0.3, 0.4) is 0 Å². The first-order valence-electron chi connectivity index (χ1n) is 5.19. The SMILES string of the molecule is Nc1cccc(OCc2c(F)cccc2Cl)c1Br. The van der Waals surface area contributed by atoms with Gasteiger partial charge in [0, 0.05) is 11.3 Å². The Morgan fingerprint density at radius 2 is 1.94 bits per heavy atom. The van der Waals surface area contributed by atoms with Gasteiger partial charge in [0.2, 0.25) is 0 Å². The van der Waals surface area contributed by atoms with E-state index in [0.717, 1.165) is 0 Å². The molecule has 0 bridgehead atoms. The van der Waals surface area contributed by atoms with Crippen molar-refractivity contribution in [3.8, 4) is 5.75 Å². The molecule has 0 aliphatic carbocycles. The van der Waals surface area contributed by atoms with Crippen molar-refractivity contribution in [1.82, 2.24) is 0 Å². The molecule has 0 aliphatic heterocycles. The molecule has 94 valence electrons. The normalized spacial score (nSPS) is 10.4. The fourth-order valence-corrected chi connectivity index (χ4v) is 2.06. The van der Waals surface area contributed by atoms with Gasteiger partial charge in [-0.1, -0.05) is 23.7 Å². The first kappa shape index (κ1) is 13.2. The molecule has 0 atom stereocenters. The largest absolute Gasteiger partial charge is 0.487 e. The monoisotopic (exact) mass is 329 g/mol. The molecule has 18 heavy (non-hydrogen) atoms. The predicted molar refractivity (Wildman–Crippen MR) is 74.3 cm³/mol.